The number of azide groups is 1. The predicted octanol–water partition coefficient (Wildman–Crippen LogP) is 8.93. The molecule has 3 N–H and O–H groups in total. The van der Waals surface area contributed by atoms with Gasteiger partial charge >= 0.3 is 18.3 Å². The number of nitrogens with zero attached hydrogens (tertiary/aromatic N) is 4. The zero-order valence-corrected chi connectivity index (χ0v) is 37.4. The van der Waals surface area contributed by atoms with Gasteiger partial charge in [-0.15, -0.1) is 0 Å². The number of nitrogens with one attached hydrogen (secondary N) is 2. The number of hydrogen-bond acceptors (Lipinski definition) is 11. The van der Waals surface area contributed by atoms with Gasteiger partial charge in [0.05, 0.1) is 36.9 Å². The summed E-state index contributed by atoms with van der Waals surface area (Å²) in [5, 5.41) is 20.7. The number of ether oxygens (including phenoxy) is 7. The number of amides is 3. The van der Waals surface area contributed by atoms with E-state index in [0.29, 0.717) is 24.8 Å². The maximum atomic E-state index is 14.2. The van der Waals surface area contributed by atoms with Crippen molar-refractivity contribution in [2.45, 2.75) is 138 Å². The van der Waals surface area contributed by atoms with Gasteiger partial charge < -0.3 is 48.9 Å². The number of rotatable bonds is 16. The molecular formula is C50H58N6O11. The zero-order valence-electron chi connectivity index (χ0n) is 37.4. The first-order chi connectivity index (χ1) is 32.7. The molecule has 8 rings (SSSR count). The van der Waals surface area contributed by atoms with Gasteiger partial charge in [0.25, 0.3) is 0 Å². The van der Waals surface area contributed by atoms with Crippen LogP contribution in [-0.4, -0.2) is 95.6 Å². The monoisotopic (exact) mass is 918 g/mol. The molecule has 4 aromatic rings. The highest BCUT2D eigenvalue weighted by atomic mass is 16.8. The van der Waals surface area contributed by atoms with E-state index in [4.69, 9.17) is 33.2 Å². The van der Waals surface area contributed by atoms with Crippen molar-refractivity contribution in [3.63, 3.8) is 0 Å². The molecule has 17 nitrogen and oxygen atoms in total. The number of carboxylic acid groups (broad SMARTS) is 1. The summed E-state index contributed by atoms with van der Waals surface area (Å²) in [6, 6.07) is 33.5. The van der Waals surface area contributed by atoms with Gasteiger partial charge in [0.15, 0.2) is 12.1 Å². The molecule has 354 valence electrons. The highest BCUT2D eigenvalue weighted by molar-refractivity contribution is 5.69. The van der Waals surface area contributed by atoms with Crippen LogP contribution in [0.15, 0.2) is 126 Å². The second-order valence-electron chi connectivity index (χ2n) is 17.3. The molecule has 3 amide bonds. The number of carbonyl (C=O) groups is 3. The molecule has 4 aliphatic rings. The number of alkyl carbamates (subject to hydrolysis) is 2. The largest absolute Gasteiger partial charge is 0.465 e. The summed E-state index contributed by atoms with van der Waals surface area (Å²) in [6.07, 6.45) is -4.43. The lowest BCUT2D eigenvalue weighted by atomic mass is 9.81. The van der Waals surface area contributed by atoms with Crippen molar-refractivity contribution in [1.82, 2.24) is 15.5 Å². The Balaban J connectivity index is 1.19. The second-order valence-corrected chi connectivity index (χ2v) is 17.3. The molecule has 4 aromatic carbocycles. The van der Waals surface area contributed by atoms with Gasteiger partial charge in [-0.25, -0.2) is 14.4 Å². The van der Waals surface area contributed by atoms with Crippen molar-refractivity contribution >= 4 is 18.3 Å². The lowest BCUT2D eigenvalue weighted by molar-refractivity contribution is -0.268. The fourth-order valence-corrected chi connectivity index (χ4v) is 9.77. The minimum absolute atomic E-state index is 0.00809. The van der Waals surface area contributed by atoms with E-state index in [1.807, 2.05) is 121 Å². The number of hydrogen-bond donors (Lipinski definition) is 3. The average molecular weight is 919 g/mol. The highest BCUT2D eigenvalue weighted by Gasteiger charge is 2.63. The molecule has 1 spiro atoms. The number of likely N-dealkylation sites (N-methyl/N-ethyl adjacent to an activating group) is 1. The van der Waals surface area contributed by atoms with Crippen molar-refractivity contribution in [3.05, 3.63) is 154 Å². The molecule has 2 saturated heterocycles. The van der Waals surface area contributed by atoms with Gasteiger partial charge in [0.2, 0.25) is 0 Å². The standard InChI is InChI=1S/C50H58N6O11/c1-2-56(49(59)60)41(36-24-14-6-15-25-36)38-27-26-37(54-55-51)46(64-38)65-43-39(52-47(57)62-31-34-20-10-4-11-21-34)42(61-30-33-18-8-3-9-19-33)40(53-48(58)63-32-35-22-12-5-13-23-35)44-45(43)67-50(66-44)28-16-7-17-29-50/h3-6,8-15,18-25,37-46H,2,7,16-17,26-32H2,1H3,(H,52,57)(H,53,58)(H,59,60)/t37-,38+,39+,40-,41?,42+,43-,44+,45+,46-/m1/s1. The van der Waals surface area contributed by atoms with E-state index in [0.717, 1.165) is 36.0 Å². The minimum atomic E-state index is -1.27. The lowest BCUT2D eigenvalue weighted by Crippen LogP contribution is -2.73. The van der Waals surface area contributed by atoms with Crippen molar-refractivity contribution in [2.24, 2.45) is 5.11 Å². The first-order valence-corrected chi connectivity index (χ1v) is 23.1. The molecule has 0 bridgehead atoms. The second kappa shape index (κ2) is 22.5. The van der Waals surface area contributed by atoms with Gasteiger partial charge in [0.1, 0.15) is 37.6 Å². The molecule has 17 heteroatoms. The summed E-state index contributed by atoms with van der Waals surface area (Å²) in [5.74, 6) is -1.06. The number of benzene rings is 4. The van der Waals surface area contributed by atoms with Gasteiger partial charge in [0, 0.05) is 24.3 Å². The van der Waals surface area contributed by atoms with E-state index < -0.39 is 85.0 Å². The van der Waals surface area contributed by atoms with Crippen LogP contribution in [-0.2, 0) is 53.0 Å². The lowest BCUT2D eigenvalue weighted by Gasteiger charge is -2.49. The molecule has 4 fully saturated rings. The summed E-state index contributed by atoms with van der Waals surface area (Å²) in [6.45, 7) is 1.92. The summed E-state index contributed by atoms with van der Waals surface area (Å²) >= 11 is 0. The zero-order chi connectivity index (χ0) is 46.6. The van der Waals surface area contributed by atoms with Crippen molar-refractivity contribution < 1.29 is 52.6 Å². The quantitative estimate of drug-likeness (QED) is 0.0548. The first-order valence-electron chi connectivity index (χ1n) is 23.1. The van der Waals surface area contributed by atoms with Gasteiger partial charge in [-0.2, -0.15) is 0 Å². The third-order valence-electron chi connectivity index (χ3n) is 12.9. The van der Waals surface area contributed by atoms with E-state index in [1.165, 1.54) is 4.90 Å². The summed E-state index contributed by atoms with van der Waals surface area (Å²) < 4.78 is 46.4. The first kappa shape index (κ1) is 47.3. The van der Waals surface area contributed by atoms with Crippen LogP contribution in [0.25, 0.3) is 10.4 Å². The van der Waals surface area contributed by atoms with Crippen molar-refractivity contribution in [1.29, 1.82) is 0 Å². The van der Waals surface area contributed by atoms with Crippen LogP contribution in [0.4, 0.5) is 14.4 Å². The SMILES string of the molecule is CCN(C(=O)O)C(c1ccccc1)[C@@H]1CC[C@@H](N=[N+]=[N-])[C@@H](O[C@@H]2[C@@H](NC(=O)OCc3ccccc3)[C@H](OCc3ccccc3)[C@@H](NC(=O)OCc3ccccc3)[C@@H]3OC4(CCCCC4)O[C@@H]23)O1. The van der Waals surface area contributed by atoms with Gasteiger partial charge in [-0.05, 0) is 60.4 Å². The molecule has 2 saturated carbocycles. The Morgan fingerprint density at radius 2 is 1.28 bits per heavy atom. The smallest absolute Gasteiger partial charge is 0.407 e. The van der Waals surface area contributed by atoms with E-state index in [-0.39, 0.29) is 32.8 Å². The van der Waals surface area contributed by atoms with Crippen molar-refractivity contribution in [2.75, 3.05) is 6.54 Å². The van der Waals surface area contributed by atoms with Crippen LogP contribution in [0.1, 0.15) is 80.2 Å². The molecule has 0 aromatic heterocycles. The summed E-state index contributed by atoms with van der Waals surface area (Å²) in [7, 11) is 0. The van der Waals surface area contributed by atoms with Crippen molar-refractivity contribution in [3.8, 4) is 0 Å². The van der Waals surface area contributed by atoms with Crippen LogP contribution in [0.2, 0.25) is 0 Å². The maximum Gasteiger partial charge on any atom is 0.407 e. The highest BCUT2D eigenvalue weighted by Crippen LogP contribution is 2.47. The Hall–Kier alpha value is -6.20. The fraction of sp³-hybridized carbons (Fsp3) is 0.460. The Morgan fingerprint density at radius 3 is 1.84 bits per heavy atom. The number of fused-ring (bicyclic) bond motifs is 1. The topological polar surface area (TPSA) is 212 Å². The Morgan fingerprint density at radius 1 is 0.746 bits per heavy atom. The van der Waals surface area contributed by atoms with E-state index in [2.05, 4.69) is 20.7 Å². The molecular weight excluding hydrogens is 861 g/mol. The molecule has 2 aliphatic carbocycles. The van der Waals surface area contributed by atoms with E-state index in [1.54, 1.807) is 6.92 Å². The Labute approximate surface area is 389 Å². The number of carbonyl (C=O) groups excluding carboxylic acids is 2. The normalized spacial score (nSPS) is 26.8. The van der Waals surface area contributed by atoms with Gasteiger partial charge in [-0.3, -0.25) is 4.90 Å². The van der Waals surface area contributed by atoms with Crippen LogP contribution in [0.3, 0.4) is 0 Å². The molecule has 67 heavy (non-hydrogen) atoms. The fourth-order valence-electron chi connectivity index (χ4n) is 9.77. The average Bonchev–Trinajstić information content (AvgIpc) is 3.72. The van der Waals surface area contributed by atoms with Crippen LogP contribution < -0.4 is 10.6 Å². The predicted molar refractivity (Wildman–Crippen MR) is 243 cm³/mol. The Bertz CT molecular complexity index is 2270. The minimum Gasteiger partial charge on any atom is -0.465 e. The summed E-state index contributed by atoms with van der Waals surface area (Å²) in [4.78, 5) is 45.4. The van der Waals surface area contributed by atoms with Crippen LogP contribution in [0.5, 0.6) is 0 Å². The van der Waals surface area contributed by atoms with E-state index >= 15 is 0 Å². The molecule has 2 heterocycles. The molecule has 0 radical (unpaired) electrons. The van der Waals surface area contributed by atoms with E-state index in [9.17, 15) is 25.0 Å². The van der Waals surface area contributed by atoms with Crippen LogP contribution in [0, 0.1) is 0 Å². The molecule has 1 unspecified atom stereocenters. The maximum absolute atomic E-state index is 14.2. The Kier molecular flexibility index (Phi) is 15.9. The third-order valence-corrected chi connectivity index (χ3v) is 12.9. The van der Waals surface area contributed by atoms with Crippen LogP contribution >= 0.6 is 0 Å². The van der Waals surface area contributed by atoms with Gasteiger partial charge in [-0.1, -0.05) is 133 Å². The molecule has 2 aliphatic heterocycles. The summed E-state index contributed by atoms with van der Waals surface area (Å²) in [5.41, 5.74) is 12.9. The molecule has 10 atom stereocenters. The third kappa shape index (κ3) is 11.7.